The van der Waals surface area contributed by atoms with E-state index in [2.05, 4.69) is 20.9 Å². The van der Waals surface area contributed by atoms with Crippen molar-refractivity contribution in [2.24, 2.45) is 4.99 Å². The molecule has 0 saturated heterocycles. The second kappa shape index (κ2) is 8.18. The number of carbonyl (C=O) groups excluding carboxylic acids is 1. The van der Waals surface area contributed by atoms with E-state index < -0.39 is 22.3 Å². The number of carbonyl (C=O) groups is 1. The number of thiophene rings is 1. The number of aliphatic imine (C=N–C) groups is 1. The number of phenolic OH excluding ortho intramolecular Hbond substituents is 1. The Bertz CT molecular complexity index is 938. The molecule has 0 bridgehead atoms. The summed E-state index contributed by atoms with van der Waals surface area (Å²) in [6.07, 6.45) is 5.13. The van der Waals surface area contributed by atoms with Gasteiger partial charge in [-0.3, -0.25) is 10.1 Å². The van der Waals surface area contributed by atoms with E-state index in [9.17, 15) is 20.0 Å². The van der Waals surface area contributed by atoms with Gasteiger partial charge in [0.15, 0.2) is 0 Å². The lowest BCUT2D eigenvalue weighted by Crippen LogP contribution is -2.09. The summed E-state index contributed by atoms with van der Waals surface area (Å²) in [5.74, 6) is -0.876. The van der Waals surface area contributed by atoms with Gasteiger partial charge in [-0.2, -0.15) is 0 Å². The molecule has 142 valence electrons. The maximum absolute atomic E-state index is 12.4. The number of phenols is 1. The van der Waals surface area contributed by atoms with E-state index in [4.69, 9.17) is 4.74 Å². The number of ether oxygens (including phenoxy) is 1. The van der Waals surface area contributed by atoms with Crippen molar-refractivity contribution < 1.29 is 19.6 Å². The molecule has 2 aromatic rings. The fraction of sp³-hybridized carbons (Fsp3) is 0.333. The molecule has 1 aromatic heterocycles. The van der Waals surface area contributed by atoms with Crippen molar-refractivity contribution in [1.82, 2.24) is 0 Å². The van der Waals surface area contributed by atoms with E-state index in [1.165, 1.54) is 29.7 Å². The van der Waals surface area contributed by atoms with Crippen LogP contribution in [0.25, 0.3) is 0 Å². The van der Waals surface area contributed by atoms with Crippen molar-refractivity contribution in [3.8, 4) is 5.75 Å². The highest BCUT2D eigenvalue weighted by Crippen LogP contribution is 2.41. The first-order valence-corrected chi connectivity index (χ1v) is 10.1. The summed E-state index contributed by atoms with van der Waals surface area (Å²) in [6.45, 7) is 2.02. The Morgan fingerprint density at radius 3 is 2.89 bits per heavy atom. The third kappa shape index (κ3) is 4.03. The number of fused-ring (bicyclic) bond motifs is 1. The Morgan fingerprint density at radius 1 is 1.44 bits per heavy atom. The number of aromatic hydroxyl groups is 1. The van der Waals surface area contributed by atoms with Crippen LogP contribution >= 0.6 is 27.3 Å². The summed E-state index contributed by atoms with van der Waals surface area (Å²) in [7, 11) is 0. The molecular formula is C18H17BrN2O5S. The molecular weight excluding hydrogens is 436 g/mol. The van der Waals surface area contributed by atoms with Gasteiger partial charge < -0.3 is 9.84 Å². The standard InChI is InChI=1S/C18H17BrN2O5S/c1-2-26-18(23)15-12-5-3-4-6-14(12)27-17(15)20-9-10-7-11(19)8-13(16(10)22)21(24)25/h7-9,22H,2-6H2,1H3. The molecule has 1 N–H and O–H groups in total. The highest BCUT2D eigenvalue weighted by atomic mass is 79.9. The molecule has 1 aliphatic carbocycles. The fourth-order valence-corrected chi connectivity index (χ4v) is 4.71. The maximum atomic E-state index is 12.4. The fourth-order valence-electron chi connectivity index (χ4n) is 3.03. The Kier molecular flexibility index (Phi) is 5.91. The number of aryl methyl sites for hydroxylation is 1. The van der Waals surface area contributed by atoms with Gasteiger partial charge in [0.1, 0.15) is 5.00 Å². The van der Waals surface area contributed by atoms with Gasteiger partial charge in [0.05, 0.1) is 17.1 Å². The molecule has 0 radical (unpaired) electrons. The lowest BCUT2D eigenvalue weighted by atomic mass is 9.95. The first-order valence-electron chi connectivity index (χ1n) is 8.45. The zero-order valence-corrected chi connectivity index (χ0v) is 16.9. The minimum atomic E-state index is -0.661. The van der Waals surface area contributed by atoms with Crippen LogP contribution in [-0.2, 0) is 17.6 Å². The molecule has 27 heavy (non-hydrogen) atoms. The number of benzene rings is 1. The predicted molar refractivity (Wildman–Crippen MR) is 107 cm³/mol. The lowest BCUT2D eigenvalue weighted by Gasteiger charge is -2.11. The summed E-state index contributed by atoms with van der Waals surface area (Å²) >= 11 is 4.63. The number of nitro groups is 1. The molecule has 1 aliphatic rings. The monoisotopic (exact) mass is 452 g/mol. The quantitative estimate of drug-likeness (QED) is 0.299. The van der Waals surface area contributed by atoms with Crippen molar-refractivity contribution in [1.29, 1.82) is 0 Å². The van der Waals surface area contributed by atoms with Crippen molar-refractivity contribution in [2.75, 3.05) is 6.61 Å². The third-order valence-electron chi connectivity index (χ3n) is 4.23. The number of hydrogen-bond acceptors (Lipinski definition) is 7. The van der Waals surface area contributed by atoms with Crippen molar-refractivity contribution in [3.05, 3.63) is 48.3 Å². The normalized spacial score (nSPS) is 13.6. The SMILES string of the molecule is CCOC(=O)c1c(N=Cc2cc(Br)cc([N+](=O)[O-])c2O)sc2c1CCCC2. The average molecular weight is 453 g/mol. The van der Waals surface area contributed by atoms with Crippen molar-refractivity contribution >= 4 is 50.1 Å². The first kappa shape index (κ1) is 19.5. The minimum absolute atomic E-state index is 0.192. The minimum Gasteiger partial charge on any atom is -0.502 e. The Hall–Kier alpha value is -2.26. The van der Waals surface area contributed by atoms with Gasteiger partial charge in [-0.1, -0.05) is 15.9 Å². The van der Waals surface area contributed by atoms with Gasteiger partial charge in [0, 0.05) is 27.2 Å². The molecule has 9 heteroatoms. The second-order valence-corrected chi connectivity index (χ2v) is 7.99. The van der Waals surface area contributed by atoms with Gasteiger partial charge in [-0.15, -0.1) is 11.3 Å². The summed E-state index contributed by atoms with van der Waals surface area (Å²) in [6, 6.07) is 2.75. The van der Waals surface area contributed by atoms with Gasteiger partial charge >= 0.3 is 11.7 Å². The number of esters is 1. The second-order valence-electron chi connectivity index (χ2n) is 5.99. The molecule has 3 rings (SSSR count). The van der Waals surface area contributed by atoms with Gasteiger partial charge in [-0.05, 0) is 44.2 Å². The molecule has 0 amide bonds. The van der Waals surface area contributed by atoms with Gasteiger partial charge in [0.2, 0.25) is 5.75 Å². The maximum Gasteiger partial charge on any atom is 0.341 e. The molecule has 1 heterocycles. The number of rotatable bonds is 5. The molecule has 7 nitrogen and oxygen atoms in total. The first-order chi connectivity index (χ1) is 12.9. The smallest absolute Gasteiger partial charge is 0.341 e. The Labute approximate surface area is 168 Å². The van der Waals surface area contributed by atoms with E-state index in [0.29, 0.717) is 15.0 Å². The van der Waals surface area contributed by atoms with Crippen LogP contribution < -0.4 is 0 Å². The number of halogens is 1. The van der Waals surface area contributed by atoms with Crippen LogP contribution in [0.15, 0.2) is 21.6 Å². The lowest BCUT2D eigenvalue weighted by molar-refractivity contribution is -0.385. The highest BCUT2D eigenvalue weighted by Gasteiger charge is 2.26. The van der Waals surface area contributed by atoms with Crippen LogP contribution in [0, 0.1) is 10.1 Å². The van der Waals surface area contributed by atoms with E-state index in [0.717, 1.165) is 36.1 Å². The zero-order chi connectivity index (χ0) is 19.6. The molecule has 0 atom stereocenters. The van der Waals surface area contributed by atoms with E-state index in [-0.39, 0.29) is 12.2 Å². The number of nitrogens with zero attached hydrogens (tertiary/aromatic N) is 2. The van der Waals surface area contributed by atoms with Crippen LogP contribution in [0.5, 0.6) is 5.75 Å². The third-order valence-corrected chi connectivity index (χ3v) is 5.89. The van der Waals surface area contributed by atoms with E-state index >= 15 is 0 Å². The van der Waals surface area contributed by atoms with Crippen molar-refractivity contribution in [3.63, 3.8) is 0 Å². The Morgan fingerprint density at radius 2 is 2.19 bits per heavy atom. The summed E-state index contributed by atoms with van der Waals surface area (Å²) in [5, 5.41) is 21.7. The van der Waals surface area contributed by atoms with Crippen LogP contribution in [0.4, 0.5) is 10.7 Å². The zero-order valence-electron chi connectivity index (χ0n) is 14.5. The van der Waals surface area contributed by atoms with Crippen molar-refractivity contribution in [2.45, 2.75) is 32.6 Å². The molecule has 1 aromatic carbocycles. The Balaban J connectivity index is 2.04. The molecule has 0 unspecified atom stereocenters. The largest absolute Gasteiger partial charge is 0.502 e. The van der Waals surface area contributed by atoms with Gasteiger partial charge in [0.25, 0.3) is 0 Å². The van der Waals surface area contributed by atoms with Crippen LogP contribution in [0.1, 0.15) is 46.1 Å². The summed E-state index contributed by atoms with van der Waals surface area (Å²) in [4.78, 5) is 28.3. The number of hydrogen-bond donors (Lipinski definition) is 1. The summed E-state index contributed by atoms with van der Waals surface area (Å²) < 4.78 is 5.63. The molecule has 0 aliphatic heterocycles. The molecule has 0 fully saturated rings. The van der Waals surface area contributed by atoms with Gasteiger partial charge in [-0.25, -0.2) is 9.79 Å². The topological polar surface area (TPSA) is 102 Å². The molecule has 0 spiro atoms. The van der Waals surface area contributed by atoms with E-state index in [1.807, 2.05) is 0 Å². The predicted octanol–water partition coefficient (Wildman–Crippen LogP) is 4.93. The van der Waals surface area contributed by atoms with Crippen LogP contribution in [0.3, 0.4) is 0 Å². The highest BCUT2D eigenvalue weighted by molar-refractivity contribution is 9.10. The number of nitro benzene ring substituents is 1. The molecule has 0 saturated carbocycles. The summed E-state index contributed by atoms with van der Waals surface area (Å²) in [5.41, 5.74) is 1.23. The van der Waals surface area contributed by atoms with E-state index in [1.54, 1.807) is 6.92 Å². The van der Waals surface area contributed by atoms with Crippen LogP contribution in [0.2, 0.25) is 0 Å². The van der Waals surface area contributed by atoms with Crippen LogP contribution in [-0.4, -0.2) is 28.8 Å². The average Bonchev–Trinajstić information content (AvgIpc) is 3.00.